The molecule has 2 N–H and O–H groups in total. The lowest BCUT2D eigenvalue weighted by atomic mass is 10.0. The molecule has 1 aromatic carbocycles. The van der Waals surface area contributed by atoms with E-state index in [2.05, 4.69) is 5.32 Å². The lowest BCUT2D eigenvalue weighted by Crippen LogP contribution is -2.22. The minimum absolute atomic E-state index is 0.0856. The normalized spacial score (nSPS) is 10.5. The van der Waals surface area contributed by atoms with E-state index in [9.17, 15) is 9.59 Å². The summed E-state index contributed by atoms with van der Waals surface area (Å²) in [4.78, 5) is 23.2. The number of rotatable bonds is 8. The van der Waals surface area contributed by atoms with Crippen LogP contribution >= 0.6 is 0 Å². The third-order valence-corrected chi connectivity index (χ3v) is 3.30. The molecule has 0 atom stereocenters. The summed E-state index contributed by atoms with van der Waals surface area (Å²) < 4.78 is 5.56. The third kappa shape index (κ3) is 4.77. The molecule has 0 radical (unpaired) electrons. The van der Waals surface area contributed by atoms with Crippen molar-refractivity contribution in [1.29, 1.82) is 0 Å². The van der Waals surface area contributed by atoms with Gasteiger partial charge in [-0.2, -0.15) is 0 Å². The van der Waals surface area contributed by atoms with Crippen LogP contribution in [0.25, 0.3) is 0 Å². The van der Waals surface area contributed by atoms with Gasteiger partial charge in [-0.1, -0.05) is 20.8 Å². The first kappa shape index (κ1) is 17.0. The van der Waals surface area contributed by atoms with E-state index >= 15 is 0 Å². The number of aromatic carboxylic acids is 1. The van der Waals surface area contributed by atoms with Crippen LogP contribution in [0.15, 0.2) is 18.2 Å². The van der Waals surface area contributed by atoms with Crippen molar-refractivity contribution < 1.29 is 19.4 Å². The maximum atomic E-state index is 12.2. The highest BCUT2D eigenvalue weighted by atomic mass is 16.5. The maximum absolute atomic E-state index is 12.2. The second kappa shape index (κ2) is 8.29. The quantitative estimate of drug-likeness (QED) is 0.768. The molecule has 0 bridgehead atoms. The summed E-state index contributed by atoms with van der Waals surface area (Å²) in [6.45, 7) is 6.40. The number of ether oxygens (including phenoxy) is 1. The molecule has 0 aliphatic carbocycles. The Balaban J connectivity index is 3.01. The number of carbonyl (C=O) groups is 2. The minimum atomic E-state index is -1.03. The Morgan fingerprint density at radius 3 is 2.43 bits per heavy atom. The monoisotopic (exact) mass is 293 g/mol. The minimum Gasteiger partial charge on any atom is -0.491 e. The van der Waals surface area contributed by atoms with Gasteiger partial charge in [0.2, 0.25) is 5.91 Å². The maximum Gasteiger partial charge on any atom is 0.335 e. The van der Waals surface area contributed by atoms with E-state index in [1.165, 1.54) is 12.1 Å². The van der Waals surface area contributed by atoms with Gasteiger partial charge in [0, 0.05) is 5.92 Å². The zero-order chi connectivity index (χ0) is 15.8. The average Bonchev–Trinajstić information content (AvgIpc) is 2.47. The smallest absolute Gasteiger partial charge is 0.335 e. The standard InChI is InChI=1S/C16H23NO4/c1-4-9-21-14-8-7-12(16(19)20)10-13(14)17-15(18)11(5-2)6-3/h7-8,10-11H,4-6,9H2,1-3H3,(H,17,18)(H,19,20). The van der Waals surface area contributed by atoms with Gasteiger partial charge in [-0.15, -0.1) is 0 Å². The summed E-state index contributed by atoms with van der Waals surface area (Å²) in [7, 11) is 0. The van der Waals surface area contributed by atoms with Crippen LogP contribution in [0.3, 0.4) is 0 Å². The fourth-order valence-corrected chi connectivity index (χ4v) is 1.99. The Morgan fingerprint density at radius 2 is 1.90 bits per heavy atom. The van der Waals surface area contributed by atoms with Crippen molar-refractivity contribution in [1.82, 2.24) is 0 Å². The molecule has 0 aliphatic rings. The molecule has 0 saturated carbocycles. The first-order valence-corrected chi connectivity index (χ1v) is 7.34. The summed E-state index contributed by atoms with van der Waals surface area (Å²) in [5.41, 5.74) is 0.541. The van der Waals surface area contributed by atoms with Crippen LogP contribution in [0.1, 0.15) is 50.4 Å². The van der Waals surface area contributed by atoms with E-state index in [4.69, 9.17) is 9.84 Å². The van der Waals surface area contributed by atoms with Gasteiger partial charge < -0.3 is 15.2 Å². The molecule has 1 aromatic rings. The highest BCUT2D eigenvalue weighted by Gasteiger charge is 2.17. The predicted octanol–water partition coefficient (Wildman–Crippen LogP) is 3.55. The first-order chi connectivity index (χ1) is 10.0. The lowest BCUT2D eigenvalue weighted by Gasteiger charge is -2.16. The van der Waals surface area contributed by atoms with Crippen LogP contribution in [-0.2, 0) is 4.79 Å². The fraction of sp³-hybridized carbons (Fsp3) is 0.500. The zero-order valence-corrected chi connectivity index (χ0v) is 12.8. The Labute approximate surface area is 125 Å². The van der Waals surface area contributed by atoms with Crippen LogP contribution in [0.5, 0.6) is 5.75 Å². The summed E-state index contributed by atoms with van der Waals surface area (Å²) in [5.74, 6) is -0.724. The number of benzene rings is 1. The third-order valence-electron chi connectivity index (χ3n) is 3.30. The van der Waals surface area contributed by atoms with Crippen LogP contribution in [-0.4, -0.2) is 23.6 Å². The van der Waals surface area contributed by atoms with E-state index in [0.29, 0.717) is 18.0 Å². The molecular formula is C16H23NO4. The van der Waals surface area contributed by atoms with Gasteiger partial charge >= 0.3 is 5.97 Å². The van der Waals surface area contributed by atoms with Crippen molar-refractivity contribution >= 4 is 17.6 Å². The number of hydrogen-bond acceptors (Lipinski definition) is 3. The second-order valence-electron chi connectivity index (χ2n) is 4.87. The molecule has 0 saturated heterocycles. The molecule has 1 amide bonds. The largest absolute Gasteiger partial charge is 0.491 e. The molecule has 0 spiro atoms. The molecule has 0 fully saturated rings. The number of anilines is 1. The topological polar surface area (TPSA) is 75.6 Å². The molecule has 5 nitrogen and oxygen atoms in total. The Bertz CT molecular complexity index is 495. The number of hydrogen-bond donors (Lipinski definition) is 2. The molecule has 1 rings (SSSR count). The van der Waals surface area contributed by atoms with Gasteiger partial charge in [-0.25, -0.2) is 4.79 Å². The highest BCUT2D eigenvalue weighted by Crippen LogP contribution is 2.27. The van der Waals surface area contributed by atoms with E-state index in [-0.39, 0.29) is 17.4 Å². The number of carboxylic acid groups (broad SMARTS) is 1. The van der Waals surface area contributed by atoms with E-state index in [1.807, 2.05) is 20.8 Å². The lowest BCUT2D eigenvalue weighted by molar-refractivity contribution is -0.120. The molecule has 0 aromatic heterocycles. The Morgan fingerprint density at radius 1 is 1.24 bits per heavy atom. The van der Waals surface area contributed by atoms with Gasteiger partial charge in [0.25, 0.3) is 0 Å². The van der Waals surface area contributed by atoms with Gasteiger partial charge in [0.15, 0.2) is 0 Å². The van der Waals surface area contributed by atoms with Gasteiger partial charge in [0.05, 0.1) is 17.9 Å². The van der Waals surface area contributed by atoms with Gasteiger partial charge in [-0.05, 0) is 37.5 Å². The molecule has 0 aliphatic heterocycles. The summed E-state index contributed by atoms with van der Waals surface area (Å²) in [5, 5.41) is 11.8. The highest BCUT2D eigenvalue weighted by molar-refractivity contribution is 5.96. The van der Waals surface area contributed by atoms with Crippen LogP contribution in [0, 0.1) is 5.92 Å². The number of carboxylic acids is 1. The summed E-state index contributed by atoms with van der Waals surface area (Å²) in [6, 6.07) is 4.50. The SMILES string of the molecule is CCCOc1ccc(C(=O)O)cc1NC(=O)C(CC)CC. The van der Waals surface area contributed by atoms with Crippen molar-refractivity contribution in [2.24, 2.45) is 5.92 Å². The number of carbonyl (C=O) groups excluding carboxylic acids is 1. The summed E-state index contributed by atoms with van der Waals surface area (Å²) in [6.07, 6.45) is 2.32. The predicted molar refractivity (Wildman–Crippen MR) is 81.9 cm³/mol. The average molecular weight is 293 g/mol. The molecule has 116 valence electrons. The van der Waals surface area contributed by atoms with Gasteiger partial charge in [0.1, 0.15) is 5.75 Å². The van der Waals surface area contributed by atoms with Crippen molar-refractivity contribution in [3.8, 4) is 5.75 Å². The van der Waals surface area contributed by atoms with Crippen molar-refractivity contribution in [2.75, 3.05) is 11.9 Å². The number of amides is 1. The van der Waals surface area contributed by atoms with Crippen LogP contribution < -0.4 is 10.1 Å². The number of nitrogens with one attached hydrogen (secondary N) is 1. The van der Waals surface area contributed by atoms with E-state index in [0.717, 1.165) is 19.3 Å². The molecule has 0 heterocycles. The van der Waals surface area contributed by atoms with Crippen LogP contribution in [0.4, 0.5) is 5.69 Å². The van der Waals surface area contributed by atoms with Crippen molar-refractivity contribution in [3.63, 3.8) is 0 Å². The van der Waals surface area contributed by atoms with Crippen LogP contribution in [0.2, 0.25) is 0 Å². The Kier molecular flexibility index (Phi) is 6.72. The van der Waals surface area contributed by atoms with E-state index < -0.39 is 5.97 Å². The molecule has 5 heteroatoms. The zero-order valence-electron chi connectivity index (χ0n) is 12.8. The molecule has 21 heavy (non-hydrogen) atoms. The summed E-state index contributed by atoms with van der Waals surface area (Å²) >= 11 is 0. The van der Waals surface area contributed by atoms with Gasteiger partial charge in [-0.3, -0.25) is 4.79 Å². The Hall–Kier alpha value is -2.04. The fourth-order valence-electron chi connectivity index (χ4n) is 1.99. The van der Waals surface area contributed by atoms with Crippen molar-refractivity contribution in [2.45, 2.75) is 40.0 Å². The molecular weight excluding hydrogens is 270 g/mol. The first-order valence-electron chi connectivity index (χ1n) is 7.34. The molecule has 0 unspecified atom stereocenters. The van der Waals surface area contributed by atoms with E-state index in [1.54, 1.807) is 6.07 Å². The van der Waals surface area contributed by atoms with Crippen molar-refractivity contribution in [3.05, 3.63) is 23.8 Å². The second-order valence-corrected chi connectivity index (χ2v) is 4.87.